The van der Waals surface area contributed by atoms with Gasteiger partial charge < -0.3 is 24.5 Å². The van der Waals surface area contributed by atoms with E-state index in [1.165, 1.54) is 26.4 Å². The number of rotatable bonds is 8. The molecule has 1 amide bonds. The van der Waals surface area contributed by atoms with Crippen molar-refractivity contribution in [2.24, 2.45) is 0 Å². The highest BCUT2D eigenvalue weighted by Crippen LogP contribution is 2.40. The van der Waals surface area contributed by atoms with Gasteiger partial charge in [-0.15, -0.1) is 0 Å². The van der Waals surface area contributed by atoms with Crippen LogP contribution < -0.4 is 14.6 Å². The standard InChI is InChI=1S/C18H21NO6S2/c1-4-5-6-11(17(22)23)19-16(21)14(27-18(19)26)9-10-7-12(24-2)15(20)13(8-10)25-3/h7-9,11,20H,4-6H2,1-3H3,(H,22,23)/p-1/b14-9-/t11-/m0/s1. The molecule has 0 aliphatic carbocycles. The van der Waals surface area contributed by atoms with Crippen LogP contribution in [0.4, 0.5) is 0 Å². The van der Waals surface area contributed by atoms with Crippen LogP contribution in [0.15, 0.2) is 17.0 Å². The lowest BCUT2D eigenvalue weighted by atomic mass is 10.1. The van der Waals surface area contributed by atoms with Crippen LogP contribution in [0.1, 0.15) is 31.7 Å². The van der Waals surface area contributed by atoms with Gasteiger partial charge in [0.15, 0.2) is 11.5 Å². The van der Waals surface area contributed by atoms with Gasteiger partial charge in [-0.2, -0.15) is 0 Å². The van der Waals surface area contributed by atoms with E-state index in [-0.39, 0.29) is 32.9 Å². The molecule has 0 unspecified atom stereocenters. The van der Waals surface area contributed by atoms with Crippen LogP contribution >= 0.6 is 24.0 Å². The highest BCUT2D eigenvalue weighted by Gasteiger charge is 2.37. The van der Waals surface area contributed by atoms with Crippen LogP contribution in [0.25, 0.3) is 6.08 Å². The van der Waals surface area contributed by atoms with Gasteiger partial charge in [0.1, 0.15) is 4.32 Å². The number of unbranched alkanes of at least 4 members (excludes halogenated alkanes) is 1. The Hall–Kier alpha value is -2.26. The van der Waals surface area contributed by atoms with E-state index in [9.17, 15) is 19.8 Å². The third kappa shape index (κ3) is 4.54. The molecule has 2 rings (SSSR count). The number of ether oxygens (including phenoxy) is 2. The Morgan fingerprint density at radius 3 is 2.44 bits per heavy atom. The van der Waals surface area contributed by atoms with Gasteiger partial charge in [-0.1, -0.05) is 43.7 Å². The Morgan fingerprint density at radius 1 is 1.37 bits per heavy atom. The fourth-order valence-corrected chi connectivity index (χ4v) is 4.00. The van der Waals surface area contributed by atoms with Crippen LogP contribution in [0, 0.1) is 0 Å². The first kappa shape index (κ1) is 21.0. The molecular weight excluding hydrogens is 390 g/mol. The second-order valence-electron chi connectivity index (χ2n) is 5.80. The van der Waals surface area contributed by atoms with E-state index in [2.05, 4.69) is 0 Å². The number of methoxy groups -OCH3 is 2. The molecule has 1 heterocycles. The number of phenols is 1. The van der Waals surface area contributed by atoms with Crippen LogP contribution in [0.5, 0.6) is 17.2 Å². The molecule has 7 nitrogen and oxygen atoms in total. The van der Waals surface area contributed by atoms with E-state index < -0.39 is 17.9 Å². The minimum atomic E-state index is -1.33. The van der Waals surface area contributed by atoms with Gasteiger partial charge in [0.05, 0.1) is 31.1 Å². The molecule has 9 heteroatoms. The highest BCUT2D eigenvalue weighted by molar-refractivity contribution is 8.26. The van der Waals surface area contributed by atoms with Crippen molar-refractivity contribution in [1.29, 1.82) is 0 Å². The maximum Gasteiger partial charge on any atom is 0.266 e. The monoisotopic (exact) mass is 410 g/mol. The zero-order valence-electron chi connectivity index (χ0n) is 15.2. The van der Waals surface area contributed by atoms with Gasteiger partial charge in [-0.25, -0.2) is 0 Å². The summed E-state index contributed by atoms with van der Waals surface area (Å²) in [6.07, 6.45) is 3.26. The predicted molar refractivity (Wildman–Crippen MR) is 105 cm³/mol. The number of carbonyl (C=O) groups is 2. The number of thioether (sulfide) groups is 1. The second kappa shape index (κ2) is 9.09. The van der Waals surface area contributed by atoms with Gasteiger partial charge >= 0.3 is 0 Å². The quantitative estimate of drug-likeness (QED) is 0.513. The third-order valence-electron chi connectivity index (χ3n) is 4.04. The molecular formula is C18H20NO6S2-. The Balaban J connectivity index is 2.37. The number of hydrogen-bond donors (Lipinski definition) is 1. The van der Waals surface area contributed by atoms with Crippen LogP contribution in [0.3, 0.4) is 0 Å². The molecule has 0 saturated carbocycles. The SMILES string of the molecule is CCCC[C@@H](C(=O)[O-])N1C(=O)/C(=C/c2cc(OC)c(O)c(OC)c2)SC1=S. The van der Waals surface area contributed by atoms with Crippen molar-refractivity contribution in [1.82, 2.24) is 4.90 Å². The lowest BCUT2D eigenvalue weighted by molar-refractivity contribution is -0.310. The van der Waals surface area contributed by atoms with Crippen LogP contribution in [0.2, 0.25) is 0 Å². The zero-order chi connectivity index (χ0) is 20.1. The smallest absolute Gasteiger partial charge is 0.266 e. The number of nitrogens with zero attached hydrogens (tertiary/aromatic N) is 1. The lowest BCUT2D eigenvalue weighted by Gasteiger charge is -2.27. The summed E-state index contributed by atoms with van der Waals surface area (Å²) in [5.41, 5.74) is 0.542. The van der Waals surface area contributed by atoms with E-state index >= 15 is 0 Å². The topological polar surface area (TPSA) is 99.1 Å². The molecule has 1 aromatic rings. The molecule has 1 aromatic carbocycles. The number of phenolic OH excluding ortho intramolecular Hbond substituents is 1. The van der Waals surface area contributed by atoms with E-state index in [4.69, 9.17) is 21.7 Å². The average Bonchev–Trinajstić information content (AvgIpc) is 2.90. The van der Waals surface area contributed by atoms with E-state index in [1.807, 2.05) is 6.92 Å². The molecule has 1 fully saturated rings. The molecule has 27 heavy (non-hydrogen) atoms. The van der Waals surface area contributed by atoms with Crippen molar-refractivity contribution < 1.29 is 29.3 Å². The predicted octanol–water partition coefficient (Wildman–Crippen LogP) is 1.92. The minimum absolute atomic E-state index is 0.152. The molecule has 146 valence electrons. The summed E-state index contributed by atoms with van der Waals surface area (Å²) in [4.78, 5) is 25.6. The lowest BCUT2D eigenvalue weighted by Crippen LogP contribution is -2.49. The molecule has 1 aliphatic rings. The fourth-order valence-electron chi connectivity index (χ4n) is 2.65. The van der Waals surface area contributed by atoms with Crippen molar-refractivity contribution in [3.05, 3.63) is 22.6 Å². The Labute approximate surface area is 166 Å². The number of aliphatic carboxylic acids is 1. The number of carboxylic acids is 1. The van der Waals surface area contributed by atoms with Gasteiger partial charge in [0.2, 0.25) is 5.75 Å². The molecule has 0 aromatic heterocycles. The maximum absolute atomic E-state index is 12.8. The second-order valence-corrected chi connectivity index (χ2v) is 7.48. The van der Waals surface area contributed by atoms with Crippen LogP contribution in [-0.2, 0) is 9.59 Å². The number of carbonyl (C=O) groups excluding carboxylic acids is 2. The number of benzene rings is 1. The van der Waals surface area contributed by atoms with Crippen molar-refractivity contribution in [3.8, 4) is 17.2 Å². The van der Waals surface area contributed by atoms with E-state index in [1.54, 1.807) is 6.08 Å². The highest BCUT2D eigenvalue weighted by atomic mass is 32.2. The van der Waals surface area contributed by atoms with Gasteiger partial charge in [0.25, 0.3) is 5.91 Å². The number of aromatic hydroxyl groups is 1. The summed E-state index contributed by atoms with van der Waals surface area (Å²) in [7, 11) is 2.80. The minimum Gasteiger partial charge on any atom is -0.548 e. The molecule has 1 saturated heterocycles. The van der Waals surface area contributed by atoms with Crippen LogP contribution in [-0.4, -0.2) is 46.5 Å². The van der Waals surface area contributed by atoms with Gasteiger partial charge in [-0.3, -0.25) is 9.69 Å². The summed E-state index contributed by atoms with van der Waals surface area (Å²) in [6.45, 7) is 1.93. The first-order valence-electron chi connectivity index (χ1n) is 8.26. The normalized spacial score (nSPS) is 16.7. The molecule has 0 bridgehead atoms. The molecule has 0 radical (unpaired) electrons. The molecule has 1 aliphatic heterocycles. The zero-order valence-corrected chi connectivity index (χ0v) is 16.8. The summed E-state index contributed by atoms with van der Waals surface area (Å²) in [6, 6.07) is 1.99. The Morgan fingerprint density at radius 2 is 1.96 bits per heavy atom. The Bertz CT molecular complexity index is 767. The summed E-state index contributed by atoms with van der Waals surface area (Å²) < 4.78 is 10.4. The largest absolute Gasteiger partial charge is 0.548 e. The summed E-state index contributed by atoms with van der Waals surface area (Å²) >= 11 is 6.24. The van der Waals surface area contributed by atoms with E-state index in [0.717, 1.165) is 23.1 Å². The van der Waals surface area contributed by atoms with Gasteiger partial charge in [-0.05, 0) is 30.2 Å². The molecule has 1 N–H and O–H groups in total. The summed E-state index contributed by atoms with van der Waals surface area (Å²) in [5, 5.41) is 21.5. The fraction of sp³-hybridized carbons (Fsp3) is 0.389. The number of hydrogen-bond acceptors (Lipinski definition) is 8. The number of carboxylic acid groups (broad SMARTS) is 1. The Kier molecular flexibility index (Phi) is 7.09. The van der Waals surface area contributed by atoms with Crippen molar-refractivity contribution in [3.63, 3.8) is 0 Å². The number of thiocarbonyl (C=S) groups is 1. The number of amides is 1. The van der Waals surface area contributed by atoms with Crippen molar-refractivity contribution >= 4 is 46.3 Å². The van der Waals surface area contributed by atoms with Gasteiger partial charge in [0, 0.05) is 0 Å². The van der Waals surface area contributed by atoms with E-state index in [0.29, 0.717) is 12.0 Å². The first-order chi connectivity index (χ1) is 12.8. The van der Waals surface area contributed by atoms with Crippen molar-refractivity contribution in [2.45, 2.75) is 32.2 Å². The molecule has 1 atom stereocenters. The first-order valence-corrected chi connectivity index (χ1v) is 9.49. The van der Waals surface area contributed by atoms with Crippen molar-refractivity contribution in [2.75, 3.05) is 14.2 Å². The average molecular weight is 410 g/mol. The summed E-state index contributed by atoms with van der Waals surface area (Å²) in [5.74, 6) is -1.59. The molecule has 0 spiro atoms. The third-order valence-corrected chi connectivity index (χ3v) is 5.37. The maximum atomic E-state index is 12.8.